The van der Waals surface area contributed by atoms with Gasteiger partial charge in [0.05, 0.1) is 5.92 Å². The lowest BCUT2D eigenvalue weighted by molar-refractivity contribution is -0.151. The molecule has 0 heterocycles. The summed E-state index contributed by atoms with van der Waals surface area (Å²) in [5, 5.41) is 3.28. The number of nitrogens with one attached hydrogen (secondary N) is 1. The maximum absolute atomic E-state index is 11.8. The number of allylic oxidation sites excluding steroid dienone is 2. The van der Waals surface area contributed by atoms with E-state index < -0.39 is 0 Å². The van der Waals surface area contributed by atoms with E-state index in [0.29, 0.717) is 17.1 Å². The molecule has 0 fully saturated rings. The SMILES string of the molecule is Cc1c(Cl)cccc1NC(=O)COC(=O)[C@H]1CC=CCC1. The smallest absolute Gasteiger partial charge is 0.309 e. The number of hydrogen-bond donors (Lipinski definition) is 1. The molecular formula is C16H18ClNO3. The molecule has 0 bridgehead atoms. The molecule has 0 aliphatic heterocycles. The van der Waals surface area contributed by atoms with Crippen LogP contribution in [0.25, 0.3) is 0 Å². The number of amides is 1. The zero-order valence-corrected chi connectivity index (χ0v) is 12.7. The number of halogens is 1. The predicted octanol–water partition coefficient (Wildman–Crippen LogP) is 3.49. The summed E-state index contributed by atoms with van der Waals surface area (Å²) in [7, 11) is 0. The molecule has 0 aromatic heterocycles. The second kappa shape index (κ2) is 7.27. The first-order valence-electron chi connectivity index (χ1n) is 6.94. The lowest BCUT2D eigenvalue weighted by Gasteiger charge is -2.16. The maximum atomic E-state index is 11.8. The first-order valence-corrected chi connectivity index (χ1v) is 7.32. The highest BCUT2D eigenvalue weighted by Crippen LogP contribution is 2.23. The highest BCUT2D eigenvalue weighted by atomic mass is 35.5. The molecule has 0 radical (unpaired) electrons. The van der Waals surface area contributed by atoms with E-state index in [9.17, 15) is 9.59 Å². The second-order valence-electron chi connectivity index (χ2n) is 5.05. The van der Waals surface area contributed by atoms with Crippen LogP contribution in [-0.4, -0.2) is 18.5 Å². The Morgan fingerprint density at radius 1 is 1.38 bits per heavy atom. The Balaban J connectivity index is 1.83. The van der Waals surface area contributed by atoms with Gasteiger partial charge in [0.2, 0.25) is 0 Å². The van der Waals surface area contributed by atoms with Crippen LogP contribution < -0.4 is 5.32 Å². The van der Waals surface area contributed by atoms with Crippen molar-refractivity contribution in [2.24, 2.45) is 5.92 Å². The van der Waals surface area contributed by atoms with Crippen molar-refractivity contribution >= 4 is 29.2 Å². The average molecular weight is 308 g/mol. The fourth-order valence-electron chi connectivity index (χ4n) is 2.19. The third-order valence-electron chi connectivity index (χ3n) is 3.49. The highest BCUT2D eigenvalue weighted by molar-refractivity contribution is 6.31. The minimum Gasteiger partial charge on any atom is -0.455 e. The van der Waals surface area contributed by atoms with Crippen LogP contribution >= 0.6 is 11.6 Å². The quantitative estimate of drug-likeness (QED) is 0.684. The van der Waals surface area contributed by atoms with E-state index in [-0.39, 0.29) is 24.4 Å². The van der Waals surface area contributed by atoms with Gasteiger partial charge in [0.1, 0.15) is 0 Å². The van der Waals surface area contributed by atoms with Crippen LogP contribution in [0.5, 0.6) is 0 Å². The van der Waals surface area contributed by atoms with Gasteiger partial charge in [-0.05, 0) is 43.9 Å². The van der Waals surface area contributed by atoms with Crippen molar-refractivity contribution in [2.75, 3.05) is 11.9 Å². The molecule has 1 aliphatic carbocycles. The number of benzene rings is 1. The Labute approximate surface area is 129 Å². The fourth-order valence-corrected chi connectivity index (χ4v) is 2.37. The number of carbonyl (C=O) groups is 2. The van der Waals surface area contributed by atoms with E-state index >= 15 is 0 Å². The van der Waals surface area contributed by atoms with Gasteiger partial charge in [0, 0.05) is 10.7 Å². The molecule has 1 aliphatic rings. The van der Waals surface area contributed by atoms with Gasteiger partial charge in [-0.25, -0.2) is 0 Å². The Hall–Kier alpha value is -1.81. The molecule has 4 nitrogen and oxygen atoms in total. The zero-order chi connectivity index (χ0) is 15.2. The Morgan fingerprint density at radius 3 is 2.90 bits per heavy atom. The van der Waals surface area contributed by atoms with Gasteiger partial charge in [0.25, 0.3) is 5.91 Å². The maximum Gasteiger partial charge on any atom is 0.309 e. The van der Waals surface area contributed by atoms with Gasteiger partial charge < -0.3 is 10.1 Å². The average Bonchev–Trinajstić information content (AvgIpc) is 2.50. The van der Waals surface area contributed by atoms with E-state index in [1.807, 2.05) is 13.0 Å². The molecule has 0 spiro atoms. The summed E-state index contributed by atoms with van der Waals surface area (Å²) >= 11 is 5.98. The summed E-state index contributed by atoms with van der Waals surface area (Å²) in [5.74, 6) is -0.798. The van der Waals surface area contributed by atoms with Gasteiger partial charge in [-0.2, -0.15) is 0 Å². The molecule has 2 rings (SSSR count). The van der Waals surface area contributed by atoms with Crippen molar-refractivity contribution in [1.29, 1.82) is 0 Å². The van der Waals surface area contributed by atoms with E-state index in [0.717, 1.165) is 18.4 Å². The summed E-state index contributed by atoms with van der Waals surface area (Å²) in [6.07, 6.45) is 6.38. The Morgan fingerprint density at radius 2 is 2.19 bits per heavy atom. The number of carbonyl (C=O) groups excluding carboxylic acids is 2. The number of anilines is 1. The van der Waals surface area contributed by atoms with Crippen molar-refractivity contribution in [3.63, 3.8) is 0 Å². The first kappa shape index (κ1) is 15.6. The molecule has 5 heteroatoms. The minimum atomic E-state index is -0.361. The number of rotatable bonds is 4. The first-order chi connectivity index (χ1) is 10.1. The molecule has 112 valence electrons. The molecule has 0 unspecified atom stereocenters. The molecular weight excluding hydrogens is 290 g/mol. The third kappa shape index (κ3) is 4.33. The van der Waals surface area contributed by atoms with E-state index in [1.165, 1.54) is 0 Å². The topological polar surface area (TPSA) is 55.4 Å². The predicted molar refractivity (Wildman–Crippen MR) is 82.3 cm³/mol. The summed E-state index contributed by atoms with van der Waals surface area (Å²) in [5.41, 5.74) is 1.42. The van der Waals surface area contributed by atoms with Gasteiger partial charge in [-0.1, -0.05) is 29.8 Å². The molecule has 1 N–H and O–H groups in total. The van der Waals surface area contributed by atoms with E-state index in [2.05, 4.69) is 11.4 Å². The highest BCUT2D eigenvalue weighted by Gasteiger charge is 2.21. The molecule has 1 aromatic rings. The van der Waals surface area contributed by atoms with Crippen LogP contribution in [0, 0.1) is 12.8 Å². The van der Waals surface area contributed by atoms with Gasteiger partial charge in [0.15, 0.2) is 6.61 Å². The van der Waals surface area contributed by atoms with Crippen molar-refractivity contribution in [3.8, 4) is 0 Å². The van der Waals surface area contributed by atoms with Gasteiger partial charge in [-0.15, -0.1) is 0 Å². The van der Waals surface area contributed by atoms with Crippen molar-refractivity contribution in [2.45, 2.75) is 26.2 Å². The molecule has 1 atom stereocenters. The summed E-state index contributed by atoms with van der Waals surface area (Å²) in [4.78, 5) is 23.6. The lowest BCUT2D eigenvalue weighted by Crippen LogP contribution is -2.25. The summed E-state index contributed by atoms with van der Waals surface area (Å²) < 4.78 is 5.07. The Kier molecular flexibility index (Phi) is 5.39. The van der Waals surface area contributed by atoms with Crippen LogP contribution in [0.3, 0.4) is 0 Å². The monoisotopic (exact) mass is 307 g/mol. The van der Waals surface area contributed by atoms with Crippen LogP contribution in [-0.2, 0) is 14.3 Å². The van der Waals surface area contributed by atoms with Crippen LogP contribution in [0.4, 0.5) is 5.69 Å². The Bertz CT molecular complexity index is 569. The normalized spacial score (nSPS) is 17.3. The number of ether oxygens (including phenoxy) is 1. The standard InChI is InChI=1S/C16H18ClNO3/c1-11-13(17)8-5-9-14(11)18-15(19)10-21-16(20)12-6-3-2-4-7-12/h2-3,5,8-9,12H,4,6-7,10H2,1H3,(H,18,19)/t12-/m0/s1. The van der Waals surface area contributed by atoms with Gasteiger partial charge in [-0.3, -0.25) is 9.59 Å². The molecule has 0 saturated carbocycles. The molecule has 21 heavy (non-hydrogen) atoms. The fraction of sp³-hybridized carbons (Fsp3) is 0.375. The lowest BCUT2D eigenvalue weighted by atomic mass is 9.95. The molecule has 0 saturated heterocycles. The van der Waals surface area contributed by atoms with Gasteiger partial charge >= 0.3 is 5.97 Å². The van der Waals surface area contributed by atoms with Crippen LogP contribution in [0.2, 0.25) is 5.02 Å². The van der Waals surface area contributed by atoms with E-state index in [1.54, 1.807) is 18.2 Å². The van der Waals surface area contributed by atoms with Crippen molar-refractivity contribution in [3.05, 3.63) is 40.9 Å². The third-order valence-corrected chi connectivity index (χ3v) is 3.90. The van der Waals surface area contributed by atoms with Crippen LogP contribution in [0.1, 0.15) is 24.8 Å². The number of hydrogen-bond acceptors (Lipinski definition) is 3. The largest absolute Gasteiger partial charge is 0.455 e. The van der Waals surface area contributed by atoms with Crippen LogP contribution in [0.15, 0.2) is 30.4 Å². The summed E-state index contributed by atoms with van der Waals surface area (Å²) in [6, 6.07) is 5.27. The second-order valence-corrected chi connectivity index (χ2v) is 5.46. The van der Waals surface area contributed by atoms with Crippen molar-refractivity contribution in [1.82, 2.24) is 0 Å². The molecule has 1 amide bonds. The number of esters is 1. The minimum absolute atomic E-state index is 0.129. The zero-order valence-electron chi connectivity index (χ0n) is 11.9. The van der Waals surface area contributed by atoms with E-state index in [4.69, 9.17) is 16.3 Å². The molecule has 1 aromatic carbocycles. The van der Waals surface area contributed by atoms with Crippen molar-refractivity contribution < 1.29 is 14.3 Å². The summed E-state index contributed by atoms with van der Waals surface area (Å²) in [6.45, 7) is 1.54.